The van der Waals surface area contributed by atoms with Crippen molar-refractivity contribution in [3.05, 3.63) is 125 Å². The van der Waals surface area contributed by atoms with E-state index in [2.05, 4.69) is 48.5 Å². The molecule has 3 aliphatic heterocycles. The van der Waals surface area contributed by atoms with Gasteiger partial charge in [-0.25, -0.2) is 0 Å². The minimum atomic E-state index is -0.867. The molecule has 4 aliphatic rings. The predicted octanol–water partition coefficient (Wildman–Crippen LogP) is 6.75. The molecule has 4 aromatic carbocycles. The smallest absolute Gasteiger partial charge is 0.246 e. The SMILES string of the molecule is O=C1N(C(c2ccccc2)c2ccccc2)c2ccccc2C12COc1cc3c(cc12)CCC1(CCC1)O3. The molecule has 1 atom stereocenters. The highest BCUT2D eigenvalue weighted by Crippen LogP contribution is 2.57. The van der Waals surface area contributed by atoms with Crippen LogP contribution >= 0.6 is 0 Å². The van der Waals surface area contributed by atoms with Gasteiger partial charge < -0.3 is 9.47 Å². The van der Waals surface area contributed by atoms with Gasteiger partial charge in [-0.3, -0.25) is 9.69 Å². The first-order valence-electron chi connectivity index (χ1n) is 13.7. The molecule has 1 aliphatic carbocycles. The number of para-hydroxylation sites is 1. The fourth-order valence-corrected chi connectivity index (χ4v) is 7.08. The van der Waals surface area contributed by atoms with Crippen LogP contribution in [0.3, 0.4) is 0 Å². The zero-order valence-corrected chi connectivity index (χ0v) is 21.2. The second-order valence-corrected chi connectivity index (χ2v) is 11.2. The van der Waals surface area contributed by atoms with E-state index in [4.69, 9.17) is 9.47 Å². The molecule has 1 fully saturated rings. The number of hydrogen-bond acceptors (Lipinski definition) is 3. The van der Waals surface area contributed by atoms with Crippen molar-refractivity contribution >= 4 is 11.6 Å². The Bertz CT molecular complexity index is 1520. The number of carbonyl (C=O) groups excluding carboxylic acids is 1. The van der Waals surface area contributed by atoms with Crippen molar-refractivity contribution in [3.8, 4) is 11.5 Å². The Kier molecular flexibility index (Phi) is 4.61. The number of amides is 1. The van der Waals surface area contributed by atoms with Crippen LogP contribution in [0.4, 0.5) is 5.69 Å². The number of ether oxygens (including phenoxy) is 2. The number of nitrogens with zero attached hydrogens (tertiary/aromatic N) is 1. The summed E-state index contributed by atoms with van der Waals surface area (Å²) in [4.78, 5) is 16.9. The summed E-state index contributed by atoms with van der Waals surface area (Å²) in [6, 6.07) is 33.0. The quantitative estimate of drug-likeness (QED) is 0.313. The molecule has 0 radical (unpaired) electrons. The largest absolute Gasteiger partial charge is 0.491 e. The van der Waals surface area contributed by atoms with Crippen LogP contribution in [0.1, 0.15) is 59.5 Å². The van der Waals surface area contributed by atoms with Crippen LogP contribution in [0.5, 0.6) is 11.5 Å². The van der Waals surface area contributed by atoms with E-state index in [9.17, 15) is 4.79 Å². The first-order chi connectivity index (χ1) is 18.7. The van der Waals surface area contributed by atoms with Crippen molar-refractivity contribution in [3.63, 3.8) is 0 Å². The van der Waals surface area contributed by atoms with Gasteiger partial charge in [-0.05, 0) is 66.5 Å². The van der Waals surface area contributed by atoms with Gasteiger partial charge in [0.15, 0.2) is 0 Å². The summed E-state index contributed by atoms with van der Waals surface area (Å²) >= 11 is 0. The monoisotopic (exact) mass is 499 g/mol. The van der Waals surface area contributed by atoms with Gasteiger partial charge in [-0.2, -0.15) is 0 Å². The van der Waals surface area contributed by atoms with Crippen molar-refractivity contribution in [1.29, 1.82) is 0 Å². The van der Waals surface area contributed by atoms with Crippen LogP contribution in [0.2, 0.25) is 0 Å². The topological polar surface area (TPSA) is 38.8 Å². The van der Waals surface area contributed by atoms with Gasteiger partial charge in [0, 0.05) is 17.3 Å². The van der Waals surface area contributed by atoms with E-state index in [0.717, 1.165) is 65.1 Å². The highest BCUT2D eigenvalue weighted by Gasteiger charge is 2.59. The van der Waals surface area contributed by atoms with Gasteiger partial charge in [-0.15, -0.1) is 0 Å². The lowest BCUT2D eigenvalue weighted by atomic mass is 9.73. The maximum atomic E-state index is 14.9. The Balaban J connectivity index is 1.29. The van der Waals surface area contributed by atoms with Gasteiger partial charge in [0.1, 0.15) is 29.1 Å². The molecule has 38 heavy (non-hydrogen) atoms. The Morgan fingerprint density at radius 2 is 1.42 bits per heavy atom. The standard InChI is InChI=1S/C34H29NO3/c36-32-34(22-37-30-21-29-25(20-27(30)34)16-19-33(38-29)17-9-18-33)26-14-7-8-15-28(26)35(32)31(23-10-3-1-4-11-23)24-12-5-2-6-13-24/h1-8,10-15,20-21,31H,9,16-19,22H2. The normalized spacial score (nSPS) is 22.0. The molecule has 1 unspecified atom stereocenters. The third-order valence-electron chi connectivity index (χ3n) is 9.20. The second-order valence-electron chi connectivity index (χ2n) is 11.2. The maximum Gasteiger partial charge on any atom is 0.246 e. The fourth-order valence-electron chi connectivity index (χ4n) is 7.08. The third kappa shape index (κ3) is 2.94. The Hall–Kier alpha value is -4.05. The second kappa shape index (κ2) is 7.97. The molecular weight excluding hydrogens is 470 g/mol. The van der Waals surface area contributed by atoms with Crippen molar-refractivity contribution < 1.29 is 14.3 Å². The van der Waals surface area contributed by atoms with Crippen LogP contribution in [-0.4, -0.2) is 18.1 Å². The minimum absolute atomic E-state index is 0.0166. The molecule has 8 rings (SSSR count). The summed E-state index contributed by atoms with van der Waals surface area (Å²) in [5, 5.41) is 0. The molecule has 3 heterocycles. The molecule has 4 heteroatoms. The third-order valence-corrected chi connectivity index (χ3v) is 9.20. The predicted molar refractivity (Wildman–Crippen MR) is 147 cm³/mol. The van der Waals surface area contributed by atoms with Gasteiger partial charge in [-0.1, -0.05) is 78.9 Å². The van der Waals surface area contributed by atoms with E-state index in [0.29, 0.717) is 6.61 Å². The Morgan fingerprint density at radius 1 is 0.737 bits per heavy atom. The molecule has 188 valence electrons. The van der Waals surface area contributed by atoms with E-state index in [1.54, 1.807) is 0 Å². The van der Waals surface area contributed by atoms with Gasteiger partial charge in [0.05, 0.1) is 6.04 Å². The number of carbonyl (C=O) groups is 1. The Labute approximate surface area is 222 Å². The molecular formula is C34H29NO3. The van der Waals surface area contributed by atoms with Crippen LogP contribution in [0.15, 0.2) is 97.1 Å². The number of hydrogen-bond donors (Lipinski definition) is 0. The van der Waals surface area contributed by atoms with Gasteiger partial charge >= 0.3 is 0 Å². The zero-order chi connectivity index (χ0) is 25.3. The van der Waals surface area contributed by atoms with E-state index in [1.807, 2.05) is 53.4 Å². The summed E-state index contributed by atoms with van der Waals surface area (Å²) in [5.41, 5.74) is 5.46. The molecule has 1 amide bonds. The summed E-state index contributed by atoms with van der Waals surface area (Å²) in [7, 11) is 0. The average molecular weight is 500 g/mol. The lowest BCUT2D eigenvalue weighted by Crippen LogP contribution is -2.46. The number of benzene rings is 4. The number of anilines is 1. The van der Waals surface area contributed by atoms with Crippen molar-refractivity contribution in [1.82, 2.24) is 0 Å². The maximum absolute atomic E-state index is 14.9. The van der Waals surface area contributed by atoms with Crippen LogP contribution in [0, 0.1) is 0 Å². The minimum Gasteiger partial charge on any atom is -0.491 e. The molecule has 4 nitrogen and oxygen atoms in total. The van der Waals surface area contributed by atoms with Crippen LogP contribution in [-0.2, 0) is 16.6 Å². The summed E-state index contributed by atoms with van der Waals surface area (Å²) < 4.78 is 12.9. The Morgan fingerprint density at radius 3 is 2.11 bits per heavy atom. The number of rotatable bonds is 3. The lowest BCUT2D eigenvalue weighted by molar-refractivity contribution is -0.122. The van der Waals surface area contributed by atoms with Crippen LogP contribution in [0.25, 0.3) is 0 Å². The zero-order valence-electron chi connectivity index (χ0n) is 21.2. The van der Waals surface area contributed by atoms with Gasteiger partial charge in [0.25, 0.3) is 0 Å². The highest BCUT2D eigenvalue weighted by molar-refractivity contribution is 6.12. The molecule has 1 saturated carbocycles. The molecule has 2 spiro atoms. The molecule has 0 aromatic heterocycles. The highest BCUT2D eigenvalue weighted by atomic mass is 16.5. The fraction of sp³-hybridized carbons (Fsp3) is 0.265. The van der Waals surface area contributed by atoms with Gasteiger partial charge in [0.2, 0.25) is 5.91 Å². The summed E-state index contributed by atoms with van der Waals surface area (Å²) in [6.45, 7) is 0.305. The van der Waals surface area contributed by atoms with E-state index >= 15 is 0 Å². The van der Waals surface area contributed by atoms with Crippen molar-refractivity contribution in [2.75, 3.05) is 11.5 Å². The molecule has 0 bridgehead atoms. The van der Waals surface area contributed by atoms with E-state index in [1.165, 1.54) is 12.0 Å². The first-order valence-corrected chi connectivity index (χ1v) is 13.7. The molecule has 0 saturated heterocycles. The summed E-state index contributed by atoms with van der Waals surface area (Å²) in [6.07, 6.45) is 5.54. The lowest BCUT2D eigenvalue weighted by Gasteiger charge is -2.45. The van der Waals surface area contributed by atoms with Crippen LogP contribution < -0.4 is 14.4 Å². The van der Waals surface area contributed by atoms with E-state index < -0.39 is 5.41 Å². The number of fused-ring (bicyclic) bond motifs is 5. The first kappa shape index (κ1) is 22.0. The molecule has 0 N–H and O–H groups in total. The number of aryl methyl sites for hydroxylation is 1. The average Bonchev–Trinajstić information content (AvgIpc) is 3.44. The van der Waals surface area contributed by atoms with Crippen molar-refractivity contribution in [2.24, 2.45) is 0 Å². The van der Waals surface area contributed by atoms with Crippen molar-refractivity contribution in [2.45, 2.75) is 49.2 Å². The summed E-state index contributed by atoms with van der Waals surface area (Å²) in [5.74, 6) is 1.79. The van der Waals surface area contributed by atoms with E-state index in [-0.39, 0.29) is 17.6 Å². The molecule has 4 aromatic rings.